The van der Waals surface area contributed by atoms with Gasteiger partial charge < -0.3 is 11.5 Å². The molecule has 0 rings (SSSR count). The highest BCUT2D eigenvalue weighted by Crippen LogP contribution is 1.04. The fourth-order valence-electron chi connectivity index (χ4n) is 0. The number of nitrogens with two attached hydrogens (primary N) is 2. The second-order valence-electron chi connectivity index (χ2n) is 0.455. The van der Waals surface area contributed by atoms with Gasteiger partial charge in [0.15, 0.2) is 0 Å². The largest absolute Gasteiger partial charge is 0.390 e. The third-order valence-corrected chi connectivity index (χ3v) is 0. The Morgan fingerprint density at radius 3 is 1.50 bits per heavy atom. The average Bonchev–Trinajstić information content (AvgIpc) is 0.811. The summed E-state index contributed by atoms with van der Waals surface area (Å²) in [5, 5.41) is 0. The van der Waals surface area contributed by atoms with E-state index in [4.69, 9.17) is 11.5 Å². The first-order valence-electron chi connectivity index (χ1n) is 0.827. The molecular formula is CH4N2Si. The summed E-state index contributed by atoms with van der Waals surface area (Å²) in [6, 6.07) is 0. The van der Waals surface area contributed by atoms with Crippen molar-refractivity contribution in [3.8, 4) is 0 Å². The van der Waals surface area contributed by atoms with Crippen LogP contribution in [-0.2, 0) is 0 Å². The van der Waals surface area contributed by atoms with Crippen LogP contribution < -0.4 is 11.5 Å². The molecule has 0 aliphatic heterocycles. The lowest BCUT2D eigenvalue weighted by atomic mass is 11.3. The molecule has 0 unspecified atom stereocenters. The van der Waals surface area contributed by atoms with Gasteiger partial charge in [0.05, 0.1) is 15.3 Å². The Labute approximate surface area is 27.8 Å². The first kappa shape index (κ1) is 3.69. The topological polar surface area (TPSA) is 52.0 Å². The SMILES string of the molecule is NC(N)=[Si]. The van der Waals surface area contributed by atoms with Crippen molar-refractivity contribution >= 4 is 15.3 Å². The first-order valence-corrected chi connectivity index (χ1v) is 1.33. The van der Waals surface area contributed by atoms with Gasteiger partial charge in [-0.2, -0.15) is 0 Å². The fraction of sp³-hybridized carbons (Fsp3) is 0. The summed E-state index contributed by atoms with van der Waals surface area (Å²) in [5.41, 5.74) is 9.66. The fourth-order valence-corrected chi connectivity index (χ4v) is 0. The molecule has 0 aliphatic carbocycles. The molecule has 4 N–H and O–H groups in total. The van der Waals surface area contributed by atoms with Crippen LogP contribution >= 0.6 is 0 Å². The van der Waals surface area contributed by atoms with Crippen molar-refractivity contribution in [2.45, 2.75) is 0 Å². The van der Waals surface area contributed by atoms with E-state index in [9.17, 15) is 0 Å². The van der Waals surface area contributed by atoms with Crippen molar-refractivity contribution in [3.05, 3.63) is 0 Å². The standard InChI is InChI=1S/CH4N2Si/c2-1(3)4/h2-3H2. The summed E-state index contributed by atoms with van der Waals surface area (Å²) in [4.78, 5) is 0. The first-order chi connectivity index (χ1) is 1.73. The summed E-state index contributed by atoms with van der Waals surface area (Å²) in [6.07, 6.45) is 0. The Hall–Kier alpha value is -0.313. The van der Waals surface area contributed by atoms with E-state index in [1.807, 2.05) is 0 Å². The predicted molar refractivity (Wildman–Crippen MR) is 19.1 cm³/mol. The van der Waals surface area contributed by atoms with Gasteiger partial charge in [0, 0.05) is 0 Å². The summed E-state index contributed by atoms with van der Waals surface area (Å²) in [5.74, 6) is 0. The van der Waals surface area contributed by atoms with Gasteiger partial charge in [-0.3, -0.25) is 0 Å². The molecule has 0 aromatic heterocycles. The highest BCUT2D eigenvalue weighted by molar-refractivity contribution is 6.34. The Morgan fingerprint density at radius 1 is 1.50 bits per heavy atom. The third-order valence-electron chi connectivity index (χ3n) is 0. The van der Waals surface area contributed by atoms with Crippen LogP contribution in [0.5, 0.6) is 0 Å². The van der Waals surface area contributed by atoms with Gasteiger partial charge in [0.2, 0.25) is 0 Å². The molecule has 0 fully saturated rings. The van der Waals surface area contributed by atoms with Crippen LogP contribution in [0.3, 0.4) is 0 Å². The maximum absolute atomic E-state index is 4.72. The Morgan fingerprint density at radius 2 is 1.50 bits per heavy atom. The van der Waals surface area contributed by atoms with Crippen LogP contribution in [0, 0.1) is 0 Å². The van der Waals surface area contributed by atoms with Crippen LogP contribution in [0.1, 0.15) is 0 Å². The van der Waals surface area contributed by atoms with Gasteiger partial charge >= 0.3 is 0 Å². The van der Waals surface area contributed by atoms with Crippen LogP contribution in [-0.4, -0.2) is 15.3 Å². The van der Waals surface area contributed by atoms with E-state index < -0.39 is 0 Å². The quantitative estimate of drug-likeness (QED) is 0.330. The zero-order valence-electron chi connectivity index (χ0n) is 2.15. The summed E-state index contributed by atoms with van der Waals surface area (Å²) >= 11 is 0. The molecule has 0 atom stereocenters. The minimum atomic E-state index is 0.222. The molecular weight excluding hydrogens is 68.1 g/mol. The smallest absolute Gasteiger partial charge is 0.0889 e. The molecule has 3 heteroatoms. The van der Waals surface area contributed by atoms with Gasteiger partial charge in [0.25, 0.3) is 0 Å². The van der Waals surface area contributed by atoms with Crippen molar-refractivity contribution < 1.29 is 0 Å². The maximum Gasteiger partial charge on any atom is 0.0889 e. The average molecular weight is 72.1 g/mol. The summed E-state index contributed by atoms with van der Waals surface area (Å²) < 4.78 is 0. The molecule has 0 saturated heterocycles. The van der Waals surface area contributed by atoms with Crippen molar-refractivity contribution in [1.29, 1.82) is 0 Å². The lowest BCUT2D eigenvalue weighted by Gasteiger charge is -1.72. The third kappa shape index (κ3) is 8.12. The van der Waals surface area contributed by atoms with E-state index in [1.165, 1.54) is 0 Å². The van der Waals surface area contributed by atoms with E-state index in [1.54, 1.807) is 0 Å². The molecule has 4 heavy (non-hydrogen) atoms. The molecule has 0 aromatic carbocycles. The molecule has 0 aliphatic rings. The number of rotatable bonds is 0. The summed E-state index contributed by atoms with van der Waals surface area (Å²) in [6.45, 7) is 0. The zero-order valence-corrected chi connectivity index (χ0v) is 3.15. The second kappa shape index (κ2) is 1.06. The van der Waals surface area contributed by atoms with Crippen molar-refractivity contribution in [2.24, 2.45) is 11.5 Å². The predicted octanol–water partition coefficient (Wildman–Crippen LogP) is -1.84. The van der Waals surface area contributed by atoms with E-state index in [0.29, 0.717) is 0 Å². The maximum atomic E-state index is 4.72. The molecule has 22 valence electrons. The minimum Gasteiger partial charge on any atom is -0.390 e. The number of hydrogen-bond acceptors (Lipinski definition) is 2. The molecule has 0 spiro atoms. The lowest BCUT2D eigenvalue weighted by Crippen LogP contribution is -2.22. The lowest BCUT2D eigenvalue weighted by molar-refractivity contribution is 1.65. The van der Waals surface area contributed by atoms with Gasteiger partial charge in [0.1, 0.15) is 0 Å². The normalized spacial score (nSPS) is 6.00. The second-order valence-corrected chi connectivity index (χ2v) is 1.03. The van der Waals surface area contributed by atoms with E-state index in [-0.39, 0.29) is 5.42 Å². The minimum absolute atomic E-state index is 0.222. The van der Waals surface area contributed by atoms with E-state index in [0.717, 1.165) is 0 Å². The van der Waals surface area contributed by atoms with Crippen molar-refractivity contribution in [3.63, 3.8) is 0 Å². The Bertz CT molecular complexity index is 29.0. The van der Waals surface area contributed by atoms with Crippen LogP contribution in [0.4, 0.5) is 0 Å². The highest BCUT2D eigenvalue weighted by Gasteiger charge is 1.49. The number of hydrogen-bond donors (Lipinski definition) is 2. The van der Waals surface area contributed by atoms with Crippen LogP contribution in [0.15, 0.2) is 0 Å². The molecule has 0 heterocycles. The Balaban J connectivity index is 2.80. The molecule has 2 nitrogen and oxygen atoms in total. The van der Waals surface area contributed by atoms with Crippen molar-refractivity contribution in [2.75, 3.05) is 0 Å². The van der Waals surface area contributed by atoms with Gasteiger partial charge in [-0.1, -0.05) is 0 Å². The molecule has 0 saturated carbocycles. The highest BCUT2D eigenvalue weighted by atomic mass is 28.1. The monoisotopic (exact) mass is 72.0 g/mol. The van der Waals surface area contributed by atoms with E-state index >= 15 is 0 Å². The zero-order chi connectivity index (χ0) is 3.58. The van der Waals surface area contributed by atoms with Gasteiger partial charge in [-0.15, -0.1) is 0 Å². The molecule has 0 aromatic rings. The summed E-state index contributed by atoms with van der Waals surface area (Å²) in [7, 11) is 2.78. The van der Waals surface area contributed by atoms with Gasteiger partial charge in [-0.05, 0) is 0 Å². The Kier molecular flexibility index (Phi) is 0.976. The van der Waals surface area contributed by atoms with Crippen LogP contribution in [0.2, 0.25) is 0 Å². The molecule has 2 radical (unpaired) electrons. The molecule has 0 bridgehead atoms. The molecule has 0 amide bonds. The van der Waals surface area contributed by atoms with Crippen LogP contribution in [0.25, 0.3) is 0 Å². The van der Waals surface area contributed by atoms with Gasteiger partial charge in [-0.25, -0.2) is 0 Å². The van der Waals surface area contributed by atoms with E-state index in [2.05, 4.69) is 9.85 Å². The van der Waals surface area contributed by atoms with Crippen molar-refractivity contribution in [1.82, 2.24) is 0 Å².